The summed E-state index contributed by atoms with van der Waals surface area (Å²) in [5.41, 5.74) is -0.976. The van der Waals surface area contributed by atoms with E-state index in [2.05, 4.69) is 137 Å². The van der Waals surface area contributed by atoms with Crippen LogP contribution >= 0.6 is 0 Å². The molecule has 0 aromatic rings. The van der Waals surface area contributed by atoms with E-state index in [4.69, 9.17) is 6.42 Å². The predicted octanol–water partition coefficient (Wildman–Crippen LogP) is 11.6. The molecule has 0 spiro atoms. The zero-order chi connectivity index (χ0) is 34.9. The monoisotopic (exact) mass is 629 g/mol. The van der Waals surface area contributed by atoms with Crippen LogP contribution < -0.4 is 0 Å². The van der Waals surface area contributed by atoms with Gasteiger partial charge in [0.1, 0.15) is 11.3 Å². The van der Waals surface area contributed by atoms with Gasteiger partial charge in [-0.05, 0) is 44.9 Å². The molecule has 0 N–H and O–H groups in total. The van der Waals surface area contributed by atoms with Crippen molar-refractivity contribution in [2.75, 3.05) is 0 Å². The number of terminal acetylenes is 1. The summed E-state index contributed by atoms with van der Waals surface area (Å²) >= 11 is 0. The van der Waals surface area contributed by atoms with E-state index in [0.29, 0.717) is 0 Å². The predicted molar refractivity (Wildman–Crippen MR) is 207 cm³/mol. The van der Waals surface area contributed by atoms with Crippen molar-refractivity contribution in [2.24, 2.45) is 29.1 Å². The van der Waals surface area contributed by atoms with Crippen molar-refractivity contribution < 1.29 is 0 Å². The smallest absolute Gasteiger partial charge is 0.119 e. The molecule has 5 atom stereocenters. The number of hydrogen-bond acceptors (Lipinski definition) is 0. The van der Waals surface area contributed by atoms with Gasteiger partial charge in [0.15, 0.2) is 0 Å². The maximum absolute atomic E-state index is 6.42. The van der Waals surface area contributed by atoms with Crippen LogP contribution in [0.5, 0.6) is 0 Å². The summed E-state index contributed by atoms with van der Waals surface area (Å²) in [4.78, 5) is 0. The molecule has 0 fully saturated rings. The van der Waals surface area contributed by atoms with Crippen LogP contribution in [0.15, 0.2) is 0 Å². The molecule has 0 aliphatic rings. The molecule has 0 aliphatic carbocycles. The van der Waals surface area contributed by atoms with E-state index in [1.807, 2.05) is 0 Å². The number of hydrogen-bond donors (Lipinski definition) is 0. The summed E-state index contributed by atoms with van der Waals surface area (Å²) in [7, 11) is 0. The van der Waals surface area contributed by atoms with Gasteiger partial charge in [-0.1, -0.05) is 128 Å². The molecule has 5 unspecified atom stereocenters. The van der Waals surface area contributed by atoms with Crippen molar-refractivity contribution in [1.29, 1.82) is 0 Å². The maximum Gasteiger partial charge on any atom is 0.131 e. The van der Waals surface area contributed by atoms with Crippen LogP contribution in [0.2, 0.25) is 0 Å². The largest absolute Gasteiger partial charge is 0.131 e. The topological polar surface area (TPSA) is 0 Å². The van der Waals surface area contributed by atoms with E-state index in [0.717, 1.165) is 122 Å². The molecule has 0 aliphatic heterocycles. The molecule has 47 heavy (non-hydrogen) atoms. The van der Waals surface area contributed by atoms with Gasteiger partial charge in [-0.2, -0.15) is 0 Å². The lowest BCUT2D eigenvalue weighted by Gasteiger charge is -2.36. The first kappa shape index (κ1) is 43.5. The average molecular weight is 629 g/mol. The molecule has 0 rings (SSSR count). The molecular weight excluding hydrogens is 565 g/mol. The van der Waals surface area contributed by atoms with E-state index < -0.39 is 11.3 Å². The summed E-state index contributed by atoms with van der Waals surface area (Å²) in [6.07, 6.45) is 24.7. The lowest BCUT2D eigenvalue weighted by Crippen LogP contribution is -2.40. The Morgan fingerprint density at radius 2 is 0.809 bits per heavy atom. The Kier molecular flexibility index (Phi) is 28.8. The van der Waals surface area contributed by atoms with E-state index in [1.54, 1.807) is 0 Å². The van der Waals surface area contributed by atoms with E-state index in [9.17, 15) is 0 Å². The molecule has 0 bridgehead atoms. The highest BCUT2D eigenvalue weighted by Gasteiger charge is 2.47. The quantitative estimate of drug-likeness (QED) is 0.118. The normalized spacial score (nSPS) is 13.2. The van der Waals surface area contributed by atoms with Gasteiger partial charge in [0.05, 0.1) is 17.8 Å². The Balaban J connectivity index is 8.13. The van der Waals surface area contributed by atoms with Gasteiger partial charge < -0.3 is 0 Å². The fraction of sp³-hybridized carbons (Fsp3) is 0.660. The third kappa shape index (κ3) is 19.0. The minimum absolute atomic E-state index is 0.283. The standard InChI is InChI=1S/C47H64/c1-9-17-24-30-37-43(36-29-22-14-6)45(39-32-26-19-11-3)46(40-33-27-20-12-4)47(41-34-23-15-7,42-35-28-21-13-5)44(16-8)38-31-25-18-10-2/h8,43-46H,9-15,17-28H2,1-7H3. The van der Waals surface area contributed by atoms with E-state index in [1.165, 1.54) is 0 Å². The van der Waals surface area contributed by atoms with Gasteiger partial charge >= 0.3 is 0 Å². The average Bonchev–Trinajstić information content (AvgIpc) is 3.08. The molecule has 0 saturated carbocycles. The van der Waals surface area contributed by atoms with Crippen molar-refractivity contribution in [3.63, 3.8) is 0 Å². The Morgan fingerprint density at radius 3 is 1.28 bits per heavy atom. The van der Waals surface area contributed by atoms with Crippen molar-refractivity contribution in [1.82, 2.24) is 0 Å². The highest BCUT2D eigenvalue weighted by Crippen LogP contribution is 2.42. The minimum Gasteiger partial charge on any atom is -0.119 e. The van der Waals surface area contributed by atoms with Crippen molar-refractivity contribution in [3.8, 4) is 95.2 Å². The molecule has 0 nitrogen and oxygen atoms in total. The SMILES string of the molecule is C#CC(C#CCCCC)C(C#CCCC)(C#CCCCC)C(C#CCCCC)C(C#CCCCC)C(C#CCCC)C#CCCCC. The lowest BCUT2D eigenvalue weighted by molar-refractivity contribution is 0.282. The summed E-state index contributed by atoms with van der Waals surface area (Å²) in [5.74, 6) is 51.6. The Hall–Kier alpha value is -3.52. The summed E-state index contributed by atoms with van der Waals surface area (Å²) < 4.78 is 0. The first-order chi connectivity index (χ1) is 23.1. The molecular formula is C47H64. The molecule has 0 aromatic carbocycles. The third-order valence-electron chi connectivity index (χ3n) is 7.74. The van der Waals surface area contributed by atoms with Gasteiger partial charge in [-0.15, -0.1) is 47.9 Å². The molecule has 0 heteroatoms. The van der Waals surface area contributed by atoms with Crippen LogP contribution in [0.25, 0.3) is 0 Å². The molecule has 0 amide bonds. The first-order valence-corrected chi connectivity index (χ1v) is 18.9. The van der Waals surface area contributed by atoms with Crippen molar-refractivity contribution in [3.05, 3.63) is 0 Å². The Bertz CT molecular complexity index is 1320. The third-order valence-corrected chi connectivity index (χ3v) is 7.74. The van der Waals surface area contributed by atoms with Crippen molar-refractivity contribution in [2.45, 2.75) is 170 Å². The molecule has 0 saturated heterocycles. The fourth-order valence-corrected chi connectivity index (χ4v) is 4.76. The zero-order valence-electron chi connectivity index (χ0n) is 31.3. The Labute approximate surface area is 294 Å². The Morgan fingerprint density at radius 1 is 0.426 bits per heavy atom. The van der Waals surface area contributed by atoms with Crippen LogP contribution in [0.3, 0.4) is 0 Å². The number of rotatable bonds is 16. The van der Waals surface area contributed by atoms with Crippen LogP contribution in [-0.2, 0) is 0 Å². The number of unbranched alkanes of at least 4 members (excludes halogenated alkanes) is 12. The highest BCUT2D eigenvalue weighted by atomic mass is 14.4. The maximum atomic E-state index is 6.42. The van der Waals surface area contributed by atoms with Gasteiger partial charge in [-0.25, -0.2) is 0 Å². The minimum atomic E-state index is -0.976. The van der Waals surface area contributed by atoms with E-state index >= 15 is 0 Å². The molecule has 0 heterocycles. The second kappa shape index (κ2) is 31.1. The lowest BCUT2D eigenvalue weighted by atomic mass is 9.61. The van der Waals surface area contributed by atoms with Gasteiger partial charge in [0.25, 0.3) is 0 Å². The zero-order valence-corrected chi connectivity index (χ0v) is 31.3. The fourth-order valence-electron chi connectivity index (χ4n) is 4.76. The van der Waals surface area contributed by atoms with Gasteiger partial charge in [0, 0.05) is 44.9 Å². The second-order valence-electron chi connectivity index (χ2n) is 12.2. The van der Waals surface area contributed by atoms with Crippen LogP contribution in [-0.4, -0.2) is 0 Å². The van der Waals surface area contributed by atoms with Gasteiger partial charge in [0.2, 0.25) is 0 Å². The summed E-state index contributed by atoms with van der Waals surface area (Å²) in [5, 5.41) is 0. The van der Waals surface area contributed by atoms with Crippen LogP contribution in [0.4, 0.5) is 0 Å². The van der Waals surface area contributed by atoms with Crippen LogP contribution in [0, 0.1) is 124 Å². The molecule has 252 valence electrons. The molecule has 0 radical (unpaired) electrons. The first-order valence-electron chi connectivity index (χ1n) is 18.9. The summed E-state index contributed by atoms with van der Waals surface area (Å²) in [6.45, 7) is 15.3. The van der Waals surface area contributed by atoms with Crippen molar-refractivity contribution >= 4 is 0 Å². The van der Waals surface area contributed by atoms with Gasteiger partial charge in [-0.3, -0.25) is 0 Å². The van der Waals surface area contributed by atoms with Crippen LogP contribution in [0.1, 0.15) is 170 Å². The second-order valence-corrected chi connectivity index (χ2v) is 12.2. The highest BCUT2D eigenvalue weighted by molar-refractivity contribution is 5.44. The molecule has 0 aromatic heterocycles. The summed E-state index contributed by atoms with van der Waals surface area (Å²) in [6, 6.07) is 0. The van der Waals surface area contributed by atoms with E-state index in [-0.39, 0.29) is 17.8 Å².